The summed E-state index contributed by atoms with van der Waals surface area (Å²) in [7, 11) is 0. The number of aromatic nitrogens is 3. The number of benzene rings is 2. The molecule has 0 unspecified atom stereocenters. The highest BCUT2D eigenvalue weighted by Crippen LogP contribution is 2.25. The molecule has 0 saturated carbocycles. The van der Waals surface area contributed by atoms with E-state index in [1.165, 1.54) is 4.57 Å². The molecule has 6 heteroatoms. The Kier molecular flexibility index (Phi) is 5.70. The number of hydrogen-bond donors (Lipinski definition) is 1. The second kappa shape index (κ2) is 8.46. The first kappa shape index (κ1) is 21.6. The van der Waals surface area contributed by atoms with E-state index in [2.05, 4.69) is 5.32 Å². The topological polar surface area (TPSA) is 68.9 Å². The minimum atomic E-state index is -0.251. The zero-order valence-electron chi connectivity index (χ0n) is 19.2. The van der Waals surface area contributed by atoms with Crippen molar-refractivity contribution in [2.45, 2.75) is 47.6 Å². The van der Waals surface area contributed by atoms with Crippen LogP contribution in [0.3, 0.4) is 0 Å². The van der Waals surface area contributed by atoms with Gasteiger partial charge in [0.2, 0.25) is 5.91 Å². The van der Waals surface area contributed by atoms with Gasteiger partial charge in [-0.05, 0) is 63.4 Å². The normalized spacial score (nSPS) is 11.2. The van der Waals surface area contributed by atoms with Gasteiger partial charge in [0.05, 0.1) is 11.4 Å². The summed E-state index contributed by atoms with van der Waals surface area (Å²) in [6.45, 7) is 9.87. The van der Waals surface area contributed by atoms with E-state index in [0.717, 1.165) is 44.7 Å². The average Bonchev–Trinajstić information content (AvgIpc) is 3.10. The highest BCUT2D eigenvalue weighted by molar-refractivity contribution is 5.93. The number of carbonyl (C=O) groups excluding carboxylic acids is 1. The second-order valence-corrected chi connectivity index (χ2v) is 8.35. The van der Waals surface area contributed by atoms with Crippen LogP contribution in [-0.2, 0) is 17.8 Å². The van der Waals surface area contributed by atoms with Crippen LogP contribution < -0.4 is 10.9 Å². The van der Waals surface area contributed by atoms with Crippen molar-refractivity contribution >= 4 is 22.6 Å². The first-order valence-electron chi connectivity index (χ1n) is 10.8. The van der Waals surface area contributed by atoms with Crippen LogP contribution in [0.25, 0.3) is 16.7 Å². The zero-order chi connectivity index (χ0) is 23.0. The molecule has 164 valence electrons. The lowest BCUT2D eigenvalue weighted by atomic mass is 10.1. The molecule has 1 N–H and O–H groups in total. The number of carbonyl (C=O) groups is 1. The number of amides is 1. The molecule has 0 radical (unpaired) electrons. The molecule has 0 bridgehead atoms. The van der Waals surface area contributed by atoms with Crippen LogP contribution in [0.1, 0.15) is 34.9 Å². The molecular weight excluding hydrogens is 400 g/mol. The molecule has 4 rings (SSSR count). The van der Waals surface area contributed by atoms with Gasteiger partial charge in [0.1, 0.15) is 12.2 Å². The zero-order valence-corrected chi connectivity index (χ0v) is 19.2. The molecule has 4 aromatic rings. The molecule has 0 aliphatic carbocycles. The minimum Gasteiger partial charge on any atom is -0.324 e. The van der Waals surface area contributed by atoms with E-state index in [4.69, 9.17) is 5.10 Å². The summed E-state index contributed by atoms with van der Waals surface area (Å²) in [6, 6.07) is 15.5. The number of rotatable bonds is 5. The van der Waals surface area contributed by atoms with Crippen LogP contribution in [-0.4, -0.2) is 20.3 Å². The number of hydrogen-bond acceptors (Lipinski definition) is 3. The minimum absolute atomic E-state index is 0.0936. The third-order valence-electron chi connectivity index (χ3n) is 5.79. The fraction of sp³-hybridized carbons (Fsp3) is 0.269. The Hall–Kier alpha value is -3.67. The maximum absolute atomic E-state index is 13.1. The number of fused-ring (bicyclic) bond motifs is 1. The number of nitrogens with zero attached hydrogens (tertiary/aromatic N) is 3. The van der Waals surface area contributed by atoms with Gasteiger partial charge in [-0.3, -0.25) is 14.2 Å². The van der Waals surface area contributed by atoms with Crippen molar-refractivity contribution in [3.05, 3.63) is 86.8 Å². The van der Waals surface area contributed by atoms with Gasteiger partial charge in [-0.1, -0.05) is 42.3 Å². The van der Waals surface area contributed by atoms with E-state index >= 15 is 0 Å². The Labute approximate surface area is 187 Å². The molecule has 2 aromatic carbocycles. The lowest BCUT2D eigenvalue weighted by Crippen LogP contribution is -2.29. The van der Waals surface area contributed by atoms with Crippen LogP contribution in [0, 0.1) is 27.7 Å². The van der Waals surface area contributed by atoms with Crippen molar-refractivity contribution < 1.29 is 4.79 Å². The predicted molar refractivity (Wildman–Crippen MR) is 129 cm³/mol. The summed E-state index contributed by atoms with van der Waals surface area (Å²) < 4.78 is 3.29. The first-order valence-corrected chi connectivity index (χ1v) is 10.8. The van der Waals surface area contributed by atoms with E-state index in [0.29, 0.717) is 12.1 Å². The molecule has 0 atom stereocenters. The van der Waals surface area contributed by atoms with E-state index in [9.17, 15) is 9.59 Å². The third-order valence-corrected chi connectivity index (χ3v) is 5.79. The fourth-order valence-electron chi connectivity index (χ4n) is 4.13. The monoisotopic (exact) mass is 428 g/mol. The largest absolute Gasteiger partial charge is 0.324 e. The molecular formula is C26H28N4O2. The number of nitrogens with one attached hydrogen (secondary N) is 1. The SMILES string of the molecule is CCc1cc(=O)n(CC(=O)Nc2ccc(C)cc2C)c2c1c(C)nn2-c1ccc(C)cc1. The summed E-state index contributed by atoms with van der Waals surface area (Å²) in [6.07, 6.45) is 0.710. The van der Waals surface area contributed by atoms with Crippen LogP contribution in [0.4, 0.5) is 5.69 Å². The van der Waals surface area contributed by atoms with Gasteiger partial charge in [-0.2, -0.15) is 5.10 Å². The van der Waals surface area contributed by atoms with Gasteiger partial charge in [-0.15, -0.1) is 0 Å². The van der Waals surface area contributed by atoms with Gasteiger partial charge < -0.3 is 5.32 Å². The maximum Gasteiger partial charge on any atom is 0.252 e. The molecule has 0 fully saturated rings. The second-order valence-electron chi connectivity index (χ2n) is 8.35. The maximum atomic E-state index is 13.1. The van der Waals surface area contributed by atoms with Gasteiger partial charge >= 0.3 is 0 Å². The van der Waals surface area contributed by atoms with E-state index in [1.54, 1.807) is 10.7 Å². The summed E-state index contributed by atoms with van der Waals surface area (Å²) in [5.74, 6) is -0.251. The van der Waals surface area contributed by atoms with Gasteiger partial charge in [0.25, 0.3) is 5.56 Å². The molecule has 0 spiro atoms. The Morgan fingerprint density at radius 2 is 1.66 bits per heavy atom. The van der Waals surface area contributed by atoms with Crippen LogP contribution >= 0.6 is 0 Å². The predicted octanol–water partition coefficient (Wildman–Crippen LogP) is 4.62. The summed E-state index contributed by atoms with van der Waals surface area (Å²) in [5.41, 5.74) is 7.06. The van der Waals surface area contributed by atoms with Crippen molar-refractivity contribution in [2.75, 3.05) is 5.32 Å². The van der Waals surface area contributed by atoms with E-state index in [1.807, 2.05) is 77.1 Å². The average molecular weight is 429 g/mol. The molecule has 2 aromatic heterocycles. The Bertz CT molecular complexity index is 1380. The highest BCUT2D eigenvalue weighted by Gasteiger charge is 2.19. The first-order chi connectivity index (χ1) is 15.3. The van der Waals surface area contributed by atoms with Gasteiger partial charge in [0, 0.05) is 17.1 Å². The molecule has 2 heterocycles. The molecule has 0 aliphatic heterocycles. The van der Waals surface area contributed by atoms with E-state index in [-0.39, 0.29) is 18.0 Å². The molecule has 6 nitrogen and oxygen atoms in total. The number of anilines is 1. The molecule has 0 aliphatic rings. The fourth-order valence-corrected chi connectivity index (χ4v) is 4.13. The van der Waals surface area contributed by atoms with Crippen LogP contribution in [0.2, 0.25) is 0 Å². The van der Waals surface area contributed by atoms with Crippen molar-refractivity contribution in [3.8, 4) is 5.69 Å². The standard InChI is InChI=1S/C26H28N4O2/c1-6-20-14-24(32)29(15-23(31)27-22-12-9-17(3)13-18(22)4)26-25(20)19(5)28-30(26)21-10-7-16(2)8-11-21/h7-14H,6,15H2,1-5H3,(H,27,31). The van der Waals surface area contributed by atoms with Gasteiger partial charge in [-0.25, -0.2) is 4.68 Å². The smallest absolute Gasteiger partial charge is 0.252 e. The summed E-state index contributed by atoms with van der Waals surface area (Å²) >= 11 is 0. The van der Waals surface area contributed by atoms with Crippen molar-refractivity contribution in [1.29, 1.82) is 0 Å². The van der Waals surface area contributed by atoms with E-state index < -0.39 is 0 Å². The van der Waals surface area contributed by atoms with Crippen molar-refractivity contribution in [1.82, 2.24) is 14.3 Å². The highest BCUT2D eigenvalue weighted by atomic mass is 16.2. The summed E-state index contributed by atoms with van der Waals surface area (Å²) in [5, 5.41) is 8.62. The Morgan fingerprint density at radius 1 is 0.969 bits per heavy atom. The molecule has 0 saturated heterocycles. The van der Waals surface area contributed by atoms with Gasteiger partial charge in [0.15, 0.2) is 0 Å². The lowest BCUT2D eigenvalue weighted by molar-refractivity contribution is -0.116. The number of pyridine rings is 1. The molecule has 32 heavy (non-hydrogen) atoms. The molecule has 1 amide bonds. The Balaban J connectivity index is 1.83. The quantitative estimate of drug-likeness (QED) is 0.504. The van der Waals surface area contributed by atoms with Crippen LogP contribution in [0.15, 0.2) is 53.3 Å². The lowest BCUT2D eigenvalue weighted by Gasteiger charge is -2.14. The van der Waals surface area contributed by atoms with Crippen molar-refractivity contribution in [2.24, 2.45) is 0 Å². The Morgan fingerprint density at radius 3 is 2.31 bits per heavy atom. The summed E-state index contributed by atoms with van der Waals surface area (Å²) in [4.78, 5) is 26.1. The number of aryl methyl sites for hydroxylation is 5. The third kappa shape index (κ3) is 3.96. The van der Waals surface area contributed by atoms with Crippen molar-refractivity contribution in [3.63, 3.8) is 0 Å². The van der Waals surface area contributed by atoms with Crippen LogP contribution in [0.5, 0.6) is 0 Å².